The van der Waals surface area contributed by atoms with Crippen molar-refractivity contribution >= 4 is 34.9 Å². The SMILES string of the molecule is O=[N+]([O-])c1ccc(N/N=C/CCl)c([N+](=O)[O-])c1. The van der Waals surface area contributed by atoms with Gasteiger partial charge in [-0.25, -0.2) is 0 Å². The quantitative estimate of drug-likeness (QED) is 0.376. The van der Waals surface area contributed by atoms with Crippen LogP contribution in [0.4, 0.5) is 17.1 Å². The Labute approximate surface area is 100 Å². The van der Waals surface area contributed by atoms with E-state index in [1.54, 1.807) is 0 Å². The molecule has 0 atom stereocenters. The first-order valence-corrected chi connectivity index (χ1v) is 4.86. The summed E-state index contributed by atoms with van der Waals surface area (Å²) in [4.78, 5) is 19.7. The van der Waals surface area contributed by atoms with E-state index in [-0.39, 0.29) is 17.3 Å². The summed E-state index contributed by atoms with van der Waals surface area (Å²) in [7, 11) is 0. The van der Waals surface area contributed by atoms with Gasteiger partial charge in [-0.05, 0) is 6.07 Å². The number of nitro groups is 2. The molecule has 1 rings (SSSR count). The van der Waals surface area contributed by atoms with Crippen molar-refractivity contribution in [3.05, 3.63) is 38.4 Å². The van der Waals surface area contributed by atoms with E-state index >= 15 is 0 Å². The average Bonchev–Trinajstić information content (AvgIpc) is 2.29. The van der Waals surface area contributed by atoms with E-state index in [4.69, 9.17) is 11.6 Å². The number of hydrogen-bond donors (Lipinski definition) is 1. The molecular weight excluding hydrogens is 252 g/mol. The molecule has 90 valence electrons. The summed E-state index contributed by atoms with van der Waals surface area (Å²) in [6, 6.07) is 3.21. The lowest BCUT2D eigenvalue weighted by molar-refractivity contribution is -0.393. The van der Waals surface area contributed by atoms with Crippen LogP contribution in [0.15, 0.2) is 23.3 Å². The number of nitro benzene ring substituents is 2. The van der Waals surface area contributed by atoms with Crippen molar-refractivity contribution < 1.29 is 9.85 Å². The minimum Gasteiger partial charge on any atom is -0.272 e. The predicted octanol–water partition coefficient (Wildman–Crippen LogP) is 2.14. The Morgan fingerprint density at radius 3 is 2.59 bits per heavy atom. The molecule has 17 heavy (non-hydrogen) atoms. The minimum absolute atomic E-state index is 0.0574. The van der Waals surface area contributed by atoms with E-state index < -0.39 is 15.5 Å². The molecule has 0 aliphatic heterocycles. The zero-order chi connectivity index (χ0) is 12.8. The van der Waals surface area contributed by atoms with Crippen LogP contribution in [-0.2, 0) is 0 Å². The van der Waals surface area contributed by atoms with Crippen LogP contribution in [0.1, 0.15) is 0 Å². The lowest BCUT2D eigenvalue weighted by Gasteiger charge is -2.01. The lowest BCUT2D eigenvalue weighted by Crippen LogP contribution is -1.98. The molecule has 0 unspecified atom stereocenters. The molecule has 0 saturated heterocycles. The third kappa shape index (κ3) is 3.38. The van der Waals surface area contributed by atoms with E-state index in [0.717, 1.165) is 12.1 Å². The van der Waals surface area contributed by atoms with Gasteiger partial charge in [0.1, 0.15) is 5.69 Å². The Morgan fingerprint density at radius 2 is 2.06 bits per heavy atom. The monoisotopic (exact) mass is 258 g/mol. The van der Waals surface area contributed by atoms with Crippen molar-refractivity contribution in [1.29, 1.82) is 0 Å². The van der Waals surface area contributed by atoms with E-state index in [0.29, 0.717) is 0 Å². The number of non-ortho nitro benzene ring substituents is 1. The number of alkyl halides is 1. The Bertz CT molecular complexity index is 477. The van der Waals surface area contributed by atoms with Gasteiger partial charge in [-0.15, -0.1) is 11.6 Å². The average molecular weight is 259 g/mol. The van der Waals surface area contributed by atoms with Crippen molar-refractivity contribution in [1.82, 2.24) is 0 Å². The van der Waals surface area contributed by atoms with E-state index in [1.807, 2.05) is 0 Å². The van der Waals surface area contributed by atoms with E-state index in [1.165, 1.54) is 12.3 Å². The van der Waals surface area contributed by atoms with Gasteiger partial charge in [-0.1, -0.05) is 0 Å². The van der Waals surface area contributed by atoms with Crippen LogP contribution in [0.2, 0.25) is 0 Å². The van der Waals surface area contributed by atoms with Crippen LogP contribution in [0.3, 0.4) is 0 Å². The highest BCUT2D eigenvalue weighted by molar-refractivity contribution is 6.24. The minimum atomic E-state index is -0.731. The van der Waals surface area contributed by atoms with Gasteiger partial charge in [-0.2, -0.15) is 5.10 Å². The topological polar surface area (TPSA) is 111 Å². The standard InChI is InChI=1S/C8H7ClN4O4/c9-3-4-10-11-7-2-1-6(12(14)15)5-8(7)13(16)17/h1-2,4-5,11H,3H2/b10-4+. The molecule has 0 heterocycles. The molecule has 0 radical (unpaired) electrons. The van der Waals surface area contributed by atoms with Gasteiger partial charge >= 0.3 is 5.69 Å². The molecule has 0 aliphatic rings. The highest BCUT2D eigenvalue weighted by Gasteiger charge is 2.18. The first-order chi connectivity index (χ1) is 8.06. The number of benzene rings is 1. The summed E-state index contributed by atoms with van der Waals surface area (Å²) < 4.78 is 0. The molecule has 0 bridgehead atoms. The maximum absolute atomic E-state index is 10.7. The maximum Gasteiger partial charge on any atom is 0.301 e. The molecule has 9 heteroatoms. The predicted molar refractivity (Wildman–Crippen MR) is 62.6 cm³/mol. The molecule has 0 spiro atoms. The molecule has 0 aromatic heterocycles. The fraction of sp³-hybridized carbons (Fsp3) is 0.125. The summed E-state index contributed by atoms with van der Waals surface area (Å²) in [5.74, 6) is 0.147. The van der Waals surface area contributed by atoms with Crippen LogP contribution in [0, 0.1) is 20.2 Å². The number of hydrogen-bond acceptors (Lipinski definition) is 6. The highest BCUT2D eigenvalue weighted by atomic mass is 35.5. The molecule has 0 aliphatic carbocycles. The third-order valence-corrected chi connectivity index (χ3v) is 1.87. The first kappa shape index (κ1) is 12.8. The Kier molecular flexibility index (Phi) is 4.35. The molecular formula is C8H7ClN4O4. The highest BCUT2D eigenvalue weighted by Crippen LogP contribution is 2.28. The Morgan fingerprint density at radius 1 is 1.35 bits per heavy atom. The van der Waals surface area contributed by atoms with Crippen molar-refractivity contribution in [2.24, 2.45) is 5.10 Å². The second-order valence-corrected chi connectivity index (χ2v) is 3.10. The lowest BCUT2D eigenvalue weighted by atomic mass is 10.2. The number of nitrogens with one attached hydrogen (secondary N) is 1. The van der Waals surface area contributed by atoms with Gasteiger partial charge in [0.15, 0.2) is 0 Å². The number of anilines is 1. The molecule has 0 saturated carbocycles. The largest absolute Gasteiger partial charge is 0.301 e. The van der Waals surface area contributed by atoms with Gasteiger partial charge in [0, 0.05) is 12.3 Å². The maximum atomic E-state index is 10.7. The molecule has 0 amide bonds. The Balaban J connectivity index is 3.08. The van der Waals surface area contributed by atoms with Crippen molar-refractivity contribution in [2.45, 2.75) is 0 Å². The molecule has 8 nitrogen and oxygen atoms in total. The molecule has 1 N–H and O–H groups in total. The second kappa shape index (κ2) is 5.75. The number of halogens is 1. The summed E-state index contributed by atoms with van der Waals surface area (Å²) in [6.07, 6.45) is 1.30. The van der Waals surface area contributed by atoms with Gasteiger partial charge in [0.25, 0.3) is 5.69 Å². The molecule has 0 fully saturated rings. The summed E-state index contributed by atoms with van der Waals surface area (Å²) in [6.45, 7) is 0. The fourth-order valence-electron chi connectivity index (χ4n) is 1.03. The van der Waals surface area contributed by atoms with E-state index in [9.17, 15) is 20.2 Å². The summed E-state index contributed by atoms with van der Waals surface area (Å²) >= 11 is 5.32. The summed E-state index contributed by atoms with van der Waals surface area (Å²) in [5.41, 5.74) is 1.66. The smallest absolute Gasteiger partial charge is 0.272 e. The normalized spacial score (nSPS) is 10.4. The summed E-state index contributed by atoms with van der Waals surface area (Å²) in [5, 5.41) is 24.8. The fourth-order valence-corrected chi connectivity index (χ4v) is 1.10. The van der Waals surface area contributed by atoms with Gasteiger partial charge in [-0.3, -0.25) is 25.7 Å². The Hall–Kier alpha value is -2.22. The first-order valence-electron chi connectivity index (χ1n) is 4.32. The zero-order valence-electron chi connectivity index (χ0n) is 8.37. The van der Waals surface area contributed by atoms with Crippen LogP contribution in [0.25, 0.3) is 0 Å². The second-order valence-electron chi connectivity index (χ2n) is 2.79. The van der Waals surface area contributed by atoms with E-state index in [2.05, 4.69) is 10.5 Å². The van der Waals surface area contributed by atoms with Gasteiger partial charge < -0.3 is 0 Å². The molecule has 1 aromatic carbocycles. The van der Waals surface area contributed by atoms with Crippen LogP contribution in [-0.4, -0.2) is 21.9 Å². The van der Waals surface area contributed by atoms with Crippen molar-refractivity contribution in [3.8, 4) is 0 Å². The van der Waals surface area contributed by atoms with Gasteiger partial charge in [0.2, 0.25) is 0 Å². The molecule has 1 aromatic rings. The van der Waals surface area contributed by atoms with Crippen molar-refractivity contribution in [2.75, 3.05) is 11.3 Å². The van der Waals surface area contributed by atoms with Crippen LogP contribution < -0.4 is 5.43 Å². The zero-order valence-corrected chi connectivity index (χ0v) is 9.13. The number of rotatable bonds is 5. The third-order valence-electron chi connectivity index (χ3n) is 1.73. The van der Waals surface area contributed by atoms with Crippen LogP contribution in [0.5, 0.6) is 0 Å². The van der Waals surface area contributed by atoms with Crippen molar-refractivity contribution in [3.63, 3.8) is 0 Å². The number of nitrogens with zero attached hydrogens (tertiary/aromatic N) is 3. The van der Waals surface area contributed by atoms with Gasteiger partial charge in [0.05, 0.1) is 21.8 Å². The van der Waals surface area contributed by atoms with Crippen LogP contribution >= 0.6 is 11.6 Å². The number of hydrazone groups is 1.